The van der Waals surface area contributed by atoms with Crippen LogP contribution in [-0.4, -0.2) is 0 Å². The maximum Gasteiger partial charge on any atom is 0.130 e. The first-order valence-electron chi connectivity index (χ1n) is 6.39. The van der Waals surface area contributed by atoms with Crippen LogP contribution in [0.2, 0.25) is 0 Å². The third kappa shape index (κ3) is 3.32. The second-order valence-corrected chi connectivity index (χ2v) is 4.60. The first-order valence-corrected chi connectivity index (χ1v) is 6.39. The minimum absolute atomic E-state index is 0.0471. The molecule has 2 aromatic carbocycles. The Balaban J connectivity index is 2.12. The minimum atomic E-state index is -0.262. The molecule has 2 N–H and O–H groups in total. The van der Waals surface area contributed by atoms with Gasteiger partial charge in [0.05, 0.1) is 0 Å². The summed E-state index contributed by atoms with van der Waals surface area (Å²) in [5.74, 6) is 0.910. The number of benzene rings is 2. The Morgan fingerprint density at radius 1 is 1.11 bits per heavy atom. The van der Waals surface area contributed by atoms with Gasteiger partial charge < -0.3 is 10.5 Å². The Bertz CT molecular complexity index is 551. The number of ether oxygens (including phenoxy) is 1. The molecule has 2 rings (SSSR count). The van der Waals surface area contributed by atoms with Crippen molar-refractivity contribution < 1.29 is 9.13 Å². The van der Waals surface area contributed by atoms with E-state index in [0.29, 0.717) is 17.1 Å². The van der Waals surface area contributed by atoms with Gasteiger partial charge in [0.25, 0.3) is 0 Å². The van der Waals surface area contributed by atoms with Crippen molar-refractivity contribution in [3.8, 4) is 11.5 Å². The standard InChI is InChI=1S/C16H18FNO/c1-3-16(18)12-5-8-13(9-6-12)19-14-7-4-11(2)15(17)10-14/h4-10,16H,3,18H2,1-2H3. The van der Waals surface area contributed by atoms with Gasteiger partial charge in [0.2, 0.25) is 0 Å². The predicted octanol–water partition coefficient (Wildman–Crippen LogP) is 4.34. The summed E-state index contributed by atoms with van der Waals surface area (Å²) >= 11 is 0. The molecule has 0 saturated heterocycles. The van der Waals surface area contributed by atoms with E-state index in [1.807, 2.05) is 31.2 Å². The third-order valence-electron chi connectivity index (χ3n) is 3.13. The van der Waals surface area contributed by atoms with Gasteiger partial charge in [-0.05, 0) is 42.7 Å². The van der Waals surface area contributed by atoms with E-state index in [-0.39, 0.29) is 11.9 Å². The number of nitrogens with two attached hydrogens (primary N) is 1. The zero-order chi connectivity index (χ0) is 13.8. The smallest absolute Gasteiger partial charge is 0.130 e. The Labute approximate surface area is 113 Å². The van der Waals surface area contributed by atoms with Gasteiger partial charge in [-0.1, -0.05) is 25.1 Å². The lowest BCUT2D eigenvalue weighted by Gasteiger charge is -2.11. The van der Waals surface area contributed by atoms with E-state index in [2.05, 4.69) is 0 Å². The van der Waals surface area contributed by atoms with Gasteiger partial charge in [-0.25, -0.2) is 4.39 Å². The van der Waals surface area contributed by atoms with Crippen molar-refractivity contribution in [2.75, 3.05) is 0 Å². The van der Waals surface area contributed by atoms with E-state index in [4.69, 9.17) is 10.5 Å². The molecule has 0 aromatic heterocycles. The van der Waals surface area contributed by atoms with E-state index in [1.54, 1.807) is 19.1 Å². The molecule has 2 nitrogen and oxygen atoms in total. The van der Waals surface area contributed by atoms with Crippen LogP contribution in [0.15, 0.2) is 42.5 Å². The van der Waals surface area contributed by atoms with E-state index in [1.165, 1.54) is 6.07 Å². The van der Waals surface area contributed by atoms with Gasteiger partial charge in [0.1, 0.15) is 17.3 Å². The van der Waals surface area contributed by atoms with Crippen molar-refractivity contribution in [3.63, 3.8) is 0 Å². The highest BCUT2D eigenvalue weighted by molar-refractivity contribution is 5.35. The van der Waals surface area contributed by atoms with Crippen LogP contribution >= 0.6 is 0 Å². The molecule has 19 heavy (non-hydrogen) atoms. The molecule has 0 radical (unpaired) electrons. The molecule has 2 aromatic rings. The monoisotopic (exact) mass is 259 g/mol. The summed E-state index contributed by atoms with van der Waals surface area (Å²) in [4.78, 5) is 0. The molecule has 0 saturated carbocycles. The van der Waals surface area contributed by atoms with Gasteiger partial charge in [-0.2, -0.15) is 0 Å². The topological polar surface area (TPSA) is 35.2 Å². The zero-order valence-corrected chi connectivity index (χ0v) is 11.2. The number of halogens is 1. The van der Waals surface area contributed by atoms with Crippen LogP contribution in [0.4, 0.5) is 4.39 Å². The summed E-state index contributed by atoms with van der Waals surface area (Å²) in [6, 6.07) is 12.5. The van der Waals surface area contributed by atoms with E-state index >= 15 is 0 Å². The van der Waals surface area contributed by atoms with Gasteiger partial charge in [0, 0.05) is 12.1 Å². The fourth-order valence-corrected chi connectivity index (χ4v) is 1.79. The second-order valence-electron chi connectivity index (χ2n) is 4.60. The molecule has 0 heterocycles. The maximum absolute atomic E-state index is 13.4. The quantitative estimate of drug-likeness (QED) is 0.886. The zero-order valence-electron chi connectivity index (χ0n) is 11.2. The van der Waals surface area contributed by atoms with Gasteiger partial charge in [0.15, 0.2) is 0 Å². The highest BCUT2D eigenvalue weighted by atomic mass is 19.1. The lowest BCUT2D eigenvalue weighted by atomic mass is 10.1. The molecule has 3 heteroatoms. The predicted molar refractivity (Wildman–Crippen MR) is 74.9 cm³/mol. The van der Waals surface area contributed by atoms with E-state index < -0.39 is 0 Å². The Morgan fingerprint density at radius 3 is 2.32 bits per heavy atom. The molecule has 0 amide bonds. The molecule has 0 aliphatic rings. The number of rotatable bonds is 4. The molecule has 100 valence electrons. The number of hydrogen-bond donors (Lipinski definition) is 1. The van der Waals surface area contributed by atoms with Crippen molar-refractivity contribution in [3.05, 3.63) is 59.4 Å². The fraction of sp³-hybridized carbons (Fsp3) is 0.250. The lowest BCUT2D eigenvalue weighted by Crippen LogP contribution is -2.07. The number of aryl methyl sites for hydroxylation is 1. The summed E-state index contributed by atoms with van der Waals surface area (Å²) in [5, 5.41) is 0. The summed E-state index contributed by atoms with van der Waals surface area (Å²) in [7, 11) is 0. The van der Waals surface area contributed by atoms with Crippen LogP contribution in [-0.2, 0) is 0 Å². The summed E-state index contributed by atoms with van der Waals surface area (Å²) in [6.07, 6.45) is 0.892. The molecule has 0 fully saturated rings. The van der Waals surface area contributed by atoms with E-state index in [9.17, 15) is 4.39 Å². The average Bonchev–Trinajstić information content (AvgIpc) is 2.43. The van der Waals surface area contributed by atoms with Crippen molar-refractivity contribution >= 4 is 0 Å². The highest BCUT2D eigenvalue weighted by Gasteiger charge is 2.05. The molecule has 0 spiro atoms. The largest absolute Gasteiger partial charge is 0.457 e. The normalized spacial score (nSPS) is 12.2. The lowest BCUT2D eigenvalue weighted by molar-refractivity contribution is 0.475. The third-order valence-corrected chi connectivity index (χ3v) is 3.13. The van der Waals surface area contributed by atoms with Crippen molar-refractivity contribution in [2.45, 2.75) is 26.3 Å². The molecular formula is C16H18FNO. The Kier molecular flexibility index (Phi) is 4.17. The number of hydrogen-bond acceptors (Lipinski definition) is 2. The first kappa shape index (κ1) is 13.6. The average molecular weight is 259 g/mol. The highest BCUT2D eigenvalue weighted by Crippen LogP contribution is 2.25. The molecule has 0 bridgehead atoms. The molecule has 0 aliphatic carbocycles. The summed E-state index contributed by atoms with van der Waals surface area (Å²) in [5.41, 5.74) is 7.63. The maximum atomic E-state index is 13.4. The van der Waals surface area contributed by atoms with Crippen LogP contribution in [0.3, 0.4) is 0 Å². The van der Waals surface area contributed by atoms with Crippen LogP contribution in [0.5, 0.6) is 11.5 Å². The van der Waals surface area contributed by atoms with Crippen molar-refractivity contribution in [1.29, 1.82) is 0 Å². The van der Waals surface area contributed by atoms with Gasteiger partial charge >= 0.3 is 0 Å². The van der Waals surface area contributed by atoms with Crippen LogP contribution in [0, 0.1) is 12.7 Å². The van der Waals surface area contributed by atoms with E-state index in [0.717, 1.165) is 12.0 Å². The Hall–Kier alpha value is -1.87. The van der Waals surface area contributed by atoms with Gasteiger partial charge in [-0.15, -0.1) is 0 Å². The van der Waals surface area contributed by atoms with Crippen LogP contribution in [0.25, 0.3) is 0 Å². The molecule has 1 unspecified atom stereocenters. The second kappa shape index (κ2) is 5.85. The molecule has 1 atom stereocenters. The minimum Gasteiger partial charge on any atom is -0.457 e. The summed E-state index contributed by atoms with van der Waals surface area (Å²) in [6.45, 7) is 3.77. The van der Waals surface area contributed by atoms with Crippen LogP contribution < -0.4 is 10.5 Å². The SMILES string of the molecule is CCC(N)c1ccc(Oc2ccc(C)c(F)c2)cc1. The first-order chi connectivity index (χ1) is 9.10. The van der Waals surface area contributed by atoms with Crippen molar-refractivity contribution in [1.82, 2.24) is 0 Å². The van der Waals surface area contributed by atoms with Gasteiger partial charge in [-0.3, -0.25) is 0 Å². The fourth-order valence-electron chi connectivity index (χ4n) is 1.79. The summed E-state index contributed by atoms with van der Waals surface area (Å²) < 4.78 is 19.0. The molecule has 0 aliphatic heterocycles. The Morgan fingerprint density at radius 2 is 1.74 bits per heavy atom. The molecular weight excluding hydrogens is 241 g/mol. The van der Waals surface area contributed by atoms with Crippen molar-refractivity contribution in [2.24, 2.45) is 5.73 Å². The van der Waals surface area contributed by atoms with Crippen LogP contribution in [0.1, 0.15) is 30.5 Å².